The molecule has 112 valence electrons. The second-order valence-electron chi connectivity index (χ2n) is 4.99. The Labute approximate surface area is 119 Å². The minimum absolute atomic E-state index is 0.172. The van der Waals surface area contributed by atoms with Crippen molar-refractivity contribution >= 4 is 24.2 Å². The van der Waals surface area contributed by atoms with E-state index in [0.717, 1.165) is 37.9 Å². The van der Waals surface area contributed by atoms with Crippen LogP contribution in [0.5, 0.6) is 0 Å². The molecule has 7 heteroatoms. The Morgan fingerprint density at radius 1 is 1.16 bits per heavy atom. The maximum Gasteiger partial charge on any atom is 0.418 e. The summed E-state index contributed by atoms with van der Waals surface area (Å²) < 4.78 is 15.1. The molecule has 0 radical (unpaired) electrons. The van der Waals surface area contributed by atoms with Crippen molar-refractivity contribution < 1.29 is 19.1 Å². The van der Waals surface area contributed by atoms with Crippen LogP contribution in [0.4, 0.5) is 4.79 Å². The van der Waals surface area contributed by atoms with Crippen LogP contribution in [-0.2, 0) is 14.3 Å². The predicted octanol–water partition coefficient (Wildman–Crippen LogP) is 2.40. The summed E-state index contributed by atoms with van der Waals surface area (Å²) in [5.74, 6) is -0.172. The van der Waals surface area contributed by atoms with Crippen LogP contribution in [0, 0.1) is 0 Å². The predicted molar refractivity (Wildman–Crippen MR) is 75.4 cm³/mol. The van der Waals surface area contributed by atoms with Gasteiger partial charge in [0.25, 0.3) is 0 Å². The maximum absolute atomic E-state index is 11.3. The molecule has 0 aliphatic carbocycles. The average molecular weight is 292 g/mol. The Kier molecular flexibility index (Phi) is 9.42. The summed E-state index contributed by atoms with van der Waals surface area (Å²) in [5, 5.41) is 0. The highest BCUT2D eigenvalue weighted by molar-refractivity contribution is 7.96. The molecule has 0 aromatic rings. The van der Waals surface area contributed by atoms with Crippen molar-refractivity contribution in [2.24, 2.45) is 0 Å². The number of carbonyl (C=O) groups is 2. The van der Waals surface area contributed by atoms with E-state index in [4.69, 9.17) is 4.74 Å². The molecule has 0 unspecified atom stereocenters. The largest absolute Gasteiger partial charge is 0.469 e. The van der Waals surface area contributed by atoms with Crippen molar-refractivity contribution in [2.75, 3.05) is 13.7 Å². The summed E-state index contributed by atoms with van der Waals surface area (Å²) in [6.45, 7) is 6.19. The lowest BCUT2D eigenvalue weighted by atomic mass is 10.2. The number of unbranched alkanes of at least 4 members (excludes halogenated alkanes) is 2. The van der Waals surface area contributed by atoms with Gasteiger partial charge in [-0.3, -0.25) is 9.52 Å². The van der Waals surface area contributed by atoms with Gasteiger partial charge in [-0.05, 0) is 33.6 Å². The molecule has 0 bridgehead atoms. The lowest BCUT2D eigenvalue weighted by molar-refractivity contribution is -0.140. The number of esters is 1. The van der Waals surface area contributed by atoms with Crippen LogP contribution in [0.25, 0.3) is 0 Å². The van der Waals surface area contributed by atoms with Gasteiger partial charge in [0.05, 0.1) is 7.11 Å². The molecule has 0 aromatic heterocycles. The SMILES string of the molecule is COC(=O)CCCCCNSNC(=O)OC(C)(C)C. The van der Waals surface area contributed by atoms with Gasteiger partial charge < -0.3 is 9.47 Å². The molecule has 0 atom stereocenters. The molecule has 0 saturated carbocycles. The van der Waals surface area contributed by atoms with Gasteiger partial charge in [-0.1, -0.05) is 6.42 Å². The Morgan fingerprint density at radius 2 is 1.84 bits per heavy atom. The fraction of sp³-hybridized carbons (Fsp3) is 0.833. The zero-order chi connectivity index (χ0) is 14.7. The van der Waals surface area contributed by atoms with E-state index >= 15 is 0 Å². The molecule has 0 fully saturated rings. The van der Waals surface area contributed by atoms with Crippen LogP contribution < -0.4 is 9.44 Å². The highest BCUT2D eigenvalue weighted by Gasteiger charge is 2.15. The summed E-state index contributed by atoms with van der Waals surface area (Å²) in [6.07, 6.45) is 2.68. The first kappa shape index (κ1) is 18.0. The van der Waals surface area contributed by atoms with Crippen LogP contribution in [0.1, 0.15) is 46.5 Å². The van der Waals surface area contributed by atoms with Gasteiger partial charge >= 0.3 is 12.1 Å². The molecule has 0 rings (SSSR count). The Bertz CT molecular complexity index is 279. The summed E-state index contributed by atoms with van der Waals surface area (Å²) in [7, 11) is 1.39. The molecule has 0 spiro atoms. The van der Waals surface area contributed by atoms with Crippen molar-refractivity contribution in [1.82, 2.24) is 9.44 Å². The number of amides is 1. The van der Waals surface area contributed by atoms with Gasteiger partial charge in [-0.15, -0.1) is 0 Å². The smallest absolute Gasteiger partial charge is 0.418 e. The molecule has 2 N–H and O–H groups in total. The molecule has 0 aromatic carbocycles. The van der Waals surface area contributed by atoms with Crippen LogP contribution >= 0.6 is 12.1 Å². The van der Waals surface area contributed by atoms with Crippen LogP contribution in [0.2, 0.25) is 0 Å². The molecule has 6 nitrogen and oxygen atoms in total. The first-order valence-corrected chi connectivity index (χ1v) is 7.11. The fourth-order valence-electron chi connectivity index (χ4n) is 1.17. The lowest BCUT2D eigenvalue weighted by Crippen LogP contribution is -2.30. The van der Waals surface area contributed by atoms with Gasteiger partial charge in [-0.2, -0.15) is 0 Å². The minimum atomic E-state index is -0.488. The van der Waals surface area contributed by atoms with Gasteiger partial charge in [0.2, 0.25) is 0 Å². The van der Waals surface area contributed by atoms with E-state index in [1.54, 1.807) is 0 Å². The molecule has 0 aliphatic rings. The fourth-order valence-corrected chi connectivity index (χ4v) is 1.62. The van der Waals surface area contributed by atoms with E-state index in [2.05, 4.69) is 14.2 Å². The number of hydrogen-bond acceptors (Lipinski definition) is 6. The molecular weight excluding hydrogens is 268 g/mol. The number of carbonyl (C=O) groups excluding carboxylic acids is 2. The number of nitrogens with one attached hydrogen (secondary N) is 2. The Morgan fingerprint density at radius 3 is 2.42 bits per heavy atom. The normalized spacial score (nSPS) is 10.9. The third-order valence-corrected chi connectivity index (χ3v) is 2.61. The lowest BCUT2D eigenvalue weighted by Gasteiger charge is -2.19. The number of ether oxygens (including phenoxy) is 2. The first-order chi connectivity index (χ1) is 8.85. The third-order valence-electron chi connectivity index (χ3n) is 1.99. The number of hydrogen-bond donors (Lipinski definition) is 2. The highest BCUT2D eigenvalue weighted by atomic mass is 32.2. The van der Waals surface area contributed by atoms with Gasteiger partial charge in [0.1, 0.15) is 5.60 Å². The van der Waals surface area contributed by atoms with E-state index < -0.39 is 11.7 Å². The standard InChI is InChI=1S/C12H24N2O4S/c1-12(2,3)18-11(16)14-19-13-9-7-5-6-8-10(15)17-4/h13H,5-9H2,1-4H3,(H,14,16). The van der Waals surface area contributed by atoms with E-state index in [1.807, 2.05) is 20.8 Å². The van der Waals surface area contributed by atoms with Crippen LogP contribution in [0.3, 0.4) is 0 Å². The molecule has 0 heterocycles. The van der Waals surface area contributed by atoms with Crippen molar-refractivity contribution in [1.29, 1.82) is 0 Å². The van der Waals surface area contributed by atoms with E-state index in [9.17, 15) is 9.59 Å². The topological polar surface area (TPSA) is 76.7 Å². The van der Waals surface area contributed by atoms with Gasteiger partial charge in [-0.25, -0.2) is 9.52 Å². The third kappa shape index (κ3) is 13.3. The van der Waals surface area contributed by atoms with Crippen molar-refractivity contribution in [3.05, 3.63) is 0 Å². The summed E-state index contributed by atoms with van der Waals surface area (Å²) in [4.78, 5) is 22.1. The maximum atomic E-state index is 11.3. The number of methoxy groups -OCH3 is 1. The Balaban J connectivity index is 3.32. The second-order valence-corrected chi connectivity index (χ2v) is 5.68. The van der Waals surface area contributed by atoms with E-state index in [-0.39, 0.29) is 5.97 Å². The van der Waals surface area contributed by atoms with E-state index in [1.165, 1.54) is 7.11 Å². The number of rotatable bonds is 8. The average Bonchev–Trinajstić information content (AvgIpc) is 2.29. The second kappa shape index (κ2) is 9.91. The van der Waals surface area contributed by atoms with Gasteiger partial charge in [0.15, 0.2) is 0 Å². The van der Waals surface area contributed by atoms with Crippen molar-refractivity contribution in [3.63, 3.8) is 0 Å². The molecule has 19 heavy (non-hydrogen) atoms. The molecular formula is C12H24N2O4S. The summed E-state index contributed by atoms with van der Waals surface area (Å²) >= 11 is 1.10. The van der Waals surface area contributed by atoms with Gasteiger partial charge in [0, 0.05) is 25.1 Å². The zero-order valence-corrected chi connectivity index (χ0v) is 12.9. The van der Waals surface area contributed by atoms with Crippen molar-refractivity contribution in [2.45, 2.75) is 52.1 Å². The summed E-state index contributed by atoms with van der Waals surface area (Å²) in [6, 6.07) is 0. The Hall–Kier alpha value is -0.950. The quantitative estimate of drug-likeness (QED) is 0.406. The molecule has 1 amide bonds. The van der Waals surface area contributed by atoms with E-state index in [0.29, 0.717) is 6.42 Å². The minimum Gasteiger partial charge on any atom is -0.469 e. The van der Waals surface area contributed by atoms with Crippen molar-refractivity contribution in [3.8, 4) is 0 Å². The van der Waals surface area contributed by atoms with Crippen LogP contribution in [0.15, 0.2) is 0 Å². The molecule has 0 aliphatic heterocycles. The highest BCUT2D eigenvalue weighted by Crippen LogP contribution is 2.07. The molecule has 0 saturated heterocycles. The zero-order valence-electron chi connectivity index (χ0n) is 12.1. The monoisotopic (exact) mass is 292 g/mol. The first-order valence-electron chi connectivity index (χ1n) is 6.29. The summed E-state index contributed by atoms with van der Waals surface area (Å²) in [5.41, 5.74) is -0.488. The van der Waals surface area contributed by atoms with Crippen LogP contribution in [-0.4, -0.2) is 31.3 Å².